The summed E-state index contributed by atoms with van der Waals surface area (Å²) in [7, 11) is 2.05. The Morgan fingerprint density at radius 1 is 0.917 bits per heavy atom. The van der Waals surface area contributed by atoms with Crippen molar-refractivity contribution < 1.29 is 0 Å². The van der Waals surface area contributed by atoms with E-state index in [0.29, 0.717) is 0 Å². The van der Waals surface area contributed by atoms with Crippen molar-refractivity contribution in [1.82, 2.24) is 14.8 Å². The van der Waals surface area contributed by atoms with Crippen LogP contribution >= 0.6 is 23.5 Å². The maximum absolute atomic E-state index is 4.35. The van der Waals surface area contributed by atoms with Gasteiger partial charge in [0.2, 0.25) is 0 Å². The average Bonchev–Trinajstić information content (AvgIpc) is 2.96. The molecule has 2 aromatic carbocycles. The number of hydrogen-bond donors (Lipinski definition) is 0. The number of thioether (sulfide) groups is 2. The third kappa shape index (κ3) is 4.65. The highest BCUT2D eigenvalue weighted by Crippen LogP contribution is 2.24. The Balaban J connectivity index is 1.52. The lowest BCUT2D eigenvalue weighted by Gasteiger charge is -2.04. The highest BCUT2D eigenvalue weighted by Gasteiger charge is 2.09. The van der Waals surface area contributed by atoms with Crippen LogP contribution in [0.5, 0.6) is 0 Å². The first-order valence-electron chi connectivity index (χ1n) is 7.97. The molecule has 0 radical (unpaired) electrons. The maximum Gasteiger partial charge on any atom is 0.190 e. The minimum absolute atomic E-state index is 0.839. The molecule has 24 heavy (non-hydrogen) atoms. The van der Waals surface area contributed by atoms with Crippen LogP contribution in [0, 0.1) is 6.92 Å². The summed E-state index contributed by atoms with van der Waals surface area (Å²) in [5.74, 6) is 2.87. The van der Waals surface area contributed by atoms with Crippen LogP contribution in [0.25, 0.3) is 0 Å². The van der Waals surface area contributed by atoms with Crippen molar-refractivity contribution in [2.75, 3.05) is 5.75 Å². The summed E-state index contributed by atoms with van der Waals surface area (Å²) in [4.78, 5) is 1.27. The Labute approximate surface area is 151 Å². The summed E-state index contributed by atoms with van der Waals surface area (Å²) in [6.45, 7) is 2.11. The van der Waals surface area contributed by atoms with Gasteiger partial charge in [0, 0.05) is 17.7 Å². The topological polar surface area (TPSA) is 30.7 Å². The summed E-state index contributed by atoms with van der Waals surface area (Å²) >= 11 is 3.56. The molecule has 0 aliphatic rings. The molecule has 5 heteroatoms. The van der Waals surface area contributed by atoms with Crippen LogP contribution in [0.15, 0.2) is 64.6 Å². The van der Waals surface area contributed by atoms with Crippen LogP contribution in [0.3, 0.4) is 0 Å². The first kappa shape index (κ1) is 17.1. The number of nitrogens with zero attached hydrogens (tertiary/aromatic N) is 3. The summed E-state index contributed by atoms with van der Waals surface area (Å²) in [5.41, 5.74) is 2.65. The fraction of sp³-hybridized carbons (Fsp3) is 0.263. The van der Waals surface area contributed by atoms with Crippen LogP contribution < -0.4 is 0 Å². The zero-order valence-electron chi connectivity index (χ0n) is 14.0. The lowest BCUT2D eigenvalue weighted by atomic mass is 10.2. The molecule has 0 amide bonds. The predicted octanol–water partition coefficient (Wildman–Crippen LogP) is 4.75. The summed E-state index contributed by atoms with van der Waals surface area (Å²) in [5, 5.41) is 9.67. The Hall–Kier alpha value is -1.72. The van der Waals surface area contributed by atoms with E-state index in [2.05, 4.69) is 83.3 Å². The first-order valence-corrected chi connectivity index (χ1v) is 9.94. The van der Waals surface area contributed by atoms with Crippen molar-refractivity contribution in [3.05, 3.63) is 71.5 Å². The standard InChI is InChI=1S/C19H21N3S2/c1-15-8-10-17(11-9-15)24-14-18-20-21-19(22(18)2)23-13-12-16-6-4-3-5-7-16/h3-11H,12-14H2,1-2H3. The second-order valence-corrected chi connectivity index (χ2v) is 7.75. The molecule has 0 saturated heterocycles. The Kier molecular flexibility index (Phi) is 5.99. The molecule has 0 saturated carbocycles. The molecular weight excluding hydrogens is 334 g/mol. The van der Waals surface area contributed by atoms with E-state index < -0.39 is 0 Å². The molecule has 3 nitrogen and oxygen atoms in total. The van der Waals surface area contributed by atoms with Gasteiger partial charge in [0.25, 0.3) is 0 Å². The number of aromatic nitrogens is 3. The highest BCUT2D eigenvalue weighted by molar-refractivity contribution is 7.99. The van der Waals surface area contributed by atoms with E-state index in [-0.39, 0.29) is 0 Å². The SMILES string of the molecule is Cc1ccc(SCc2nnc(SCCc3ccccc3)n2C)cc1. The monoisotopic (exact) mass is 355 g/mol. The van der Waals surface area contributed by atoms with Crippen molar-refractivity contribution in [3.63, 3.8) is 0 Å². The first-order chi connectivity index (χ1) is 11.7. The van der Waals surface area contributed by atoms with Gasteiger partial charge in [-0.1, -0.05) is 59.8 Å². The van der Waals surface area contributed by atoms with Crippen LogP contribution in [0.4, 0.5) is 0 Å². The molecule has 3 aromatic rings. The van der Waals surface area contributed by atoms with E-state index in [1.165, 1.54) is 16.0 Å². The Bertz CT molecular complexity index is 767. The van der Waals surface area contributed by atoms with E-state index in [4.69, 9.17) is 0 Å². The molecule has 0 atom stereocenters. The largest absolute Gasteiger partial charge is 0.308 e. The quantitative estimate of drug-likeness (QED) is 0.572. The Morgan fingerprint density at radius 3 is 2.42 bits per heavy atom. The summed E-state index contributed by atoms with van der Waals surface area (Å²) in [6.07, 6.45) is 1.05. The molecule has 0 fully saturated rings. The van der Waals surface area contributed by atoms with Crippen molar-refractivity contribution >= 4 is 23.5 Å². The third-order valence-electron chi connectivity index (χ3n) is 3.78. The van der Waals surface area contributed by atoms with Gasteiger partial charge in [-0.3, -0.25) is 0 Å². The molecule has 0 N–H and O–H groups in total. The number of aryl methyl sites for hydroxylation is 2. The van der Waals surface area contributed by atoms with Crippen LogP contribution in [0.2, 0.25) is 0 Å². The van der Waals surface area contributed by atoms with Gasteiger partial charge in [0.15, 0.2) is 5.16 Å². The van der Waals surface area contributed by atoms with Crippen LogP contribution in [-0.2, 0) is 19.2 Å². The second kappa shape index (κ2) is 8.40. The molecule has 1 heterocycles. The smallest absolute Gasteiger partial charge is 0.190 e. The molecule has 0 bridgehead atoms. The van der Waals surface area contributed by atoms with Crippen LogP contribution in [-0.4, -0.2) is 20.5 Å². The maximum atomic E-state index is 4.35. The van der Waals surface area contributed by atoms with Gasteiger partial charge in [-0.25, -0.2) is 0 Å². The van der Waals surface area contributed by atoms with E-state index in [0.717, 1.165) is 28.9 Å². The normalized spacial score (nSPS) is 10.9. The van der Waals surface area contributed by atoms with Crippen molar-refractivity contribution in [2.24, 2.45) is 7.05 Å². The highest BCUT2D eigenvalue weighted by atomic mass is 32.2. The van der Waals surface area contributed by atoms with Crippen molar-refractivity contribution in [1.29, 1.82) is 0 Å². The zero-order chi connectivity index (χ0) is 16.8. The fourth-order valence-corrected chi connectivity index (χ4v) is 4.08. The van der Waals surface area contributed by atoms with Gasteiger partial charge in [0.1, 0.15) is 5.82 Å². The lowest BCUT2D eigenvalue weighted by Crippen LogP contribution is -1.98. The molecule has 1 aromatic heterocycles. The van der Waals surface area contributed by atoms with Gasteiger partial charge >= 0.3 is 0 Å². The van der Waals surface area contributed by atoms with Crippen molar-refractivity contribution in [2.45, 2.75) is 29.1 Å². The summed E-state index contributed by atoms with van der Waals surface area (Å²) in [6, 6.07) is 19.2. The molecule has 0 aliphatic carbocycles. The molecule has 3 rings (SSSR count). The van der Waals surface area contributed by atoms with E-state index in [1.54, 1.807) is 23.5 Å². The van der Waals surface area contributed by atoms with Gasteiger partial charge in [-0.15, -0.1) is 22.0 Å². The predicted molar refractivity (Wildman–Crippen MR) is 103 cm³/mol. The molecular formula is C19H21N3S2. The third-order valence-corrected chi connectivity index (χ3v) is 5.81. The minimum atomic E-state index is 0.839. The van der Waals surface area contributed by atoms with E-state index in [9.17, 15) is 0 Å². The molecule has 0 spiro atoms. The number of hydrogen-bond acceptors (Lipinski definition) is 4. The second-order valence-electron chi connectivity index (χ2n) is 5.64. The van der Waals surface area contributed by atoms with E-state index in [1.807, 2.05) is 0 Å². The van der Waals surface area contributed by atoms with Crippen LogP contribution in [0.1, 0.15) is 17.0 Å². The summed E-state index contributed by atoms with van der Waals surface area (Å²) < 4.78 is 2.11. The van der Waals surface area contributed by atoms with Gasteiger partial charge in [-0.05, 0) is 31.0 Å². The average molecular weight is 356 g/mol. The van der Waals surface area contributed by atoms with Gasteiger partial charge in [0.05, 0.1) is 5.75 Å². The number of benzene rings is 2. The van der Waals surface area contributed by atoms with Gasteiger partial charge in [-0.2, -0.15) is 0 Å². The number of rotatable bonds is 7. The lowest BCUT2D eigenvalue weighted by molar-refractivity contribution is 0.761. The van der Waals surface area contributed by atoms with E-state index >= 15 is 0 Å². The molecule has 124 valence electrons. The van der Waals surface area contributed by atoms with Crippen molar-refractivity contribution in [3.8, 4) is 0 Å². The van der Waals surface area contributed by atoms with Gasteiger partial charge < -0.3 is 4.57 Å². The minimum Gasteiger partial charge on any atom is -0.308 e. The zero-order valence-corrected chi connectivity index (χ0v) is 15.6. The fourth-order valence-electron chi connectivity index (χ4n) is 2.28. The Morgan fingerprint density at radius 2 is 1.67 bits per heavy atom. The molecule has 0 aliphatic heterocycles. The molecule has 0 unspecified atom stereocenters.